The van der Waals surface area contributed by atoms with E-state index < -0.39 is 0 Å². The number of amides is 1. The minimum absolute atomic E-state index is 0.102. The lowest BCUT2D eigenvalue weighted by molar-refractivity contribution is -0.128. The van der Waals surface area contributed by atoms with Crippen LogP contribution in [-0.4, -0.2) is 30.5 Å². The summed E-state index contributed by atoms with van der Waals surface area (Å²) in [6.07, 6.45) is 0.397. The lowest BCUT2D eigenvalue weighted by Crippen LogP contribution is -2.33. The van der Waals surface area contributed by atoms with Crippen molar-refractivity contribution in [3.05, 3.63) is 28.2 Å². The lowest BCUT2D eigenvalue weighted by atomic mass is 10.00. The minimum Gasteiger partial charge on any atom is -0.496 e. The van der Waals surface area contributed by atoms with Gasteiger partial charge in [0.05, 0.1) is 13.2 Å². The molecule has 1 saturated heterocycles. The van der Waals surface area contributed by atoms with Gasteiger partial charge in [-0.3, -0.25) is 4.79 Å². The molecule has 0 aromatic heterocycles. The zero-order chi connectivity index (χ0) is 13.3. The van der Waals surface area contributed by atoms with E-state index in [9.17, 15) is 4.79 Å². The van der Waals surface area contributed by atoms with Crippen LogP contribution >= 0.6 is 15.9 Å². The predicted octanol–water partition coefficient (Wildman–Crippen LogP) is 2.08. The van der Waals surface area contributed by atoms with Crippen molar-refractivity contribution in [2.75, 3.05) is 13.7 Å². The van der Waals surface area contributed by atoms with Crippen molar-refractivity contribution in [1.82, 2.24) is 4.90 Å². The third kappa shape index (κ3) is 2.24. The molecule has 1 aromatic carbocycles. The number of benzene rings is 1. The van der Waals surface area contributed by atoms with Crippen LogP contribution in [0.5, 0.6) is 5.75 Å². The second kappa shape index (κ2) is 5.28. The molecule has 5 heteroatoms. The van der Waals surface area contributed by atoms with Crippen molar-refractivity contribution in [1.29, 1.82) is 0 Å². The first-order chi connectivity index (χ1) is 8.58. The standard InChI is InChI=1S/C13H17BrN2O2/c1-3-16-12(17)7-10(15)13(16)9-6-8(14)4-5-11(9)18-2/h4-6,10,13H,3,7,15H2,1-2H3. The Morgan fingerprint density at radius 3 is 2.89 bits per heavy atom. The van der Waals surface area contributed by atoms with E-state index in [1.54, 1.807) is 7.11 Å². The maximum atomic E-state index is 11.9. The van der Waals surface area contributed by atoms with Gasteiger partial charge in [0.25, 0.3) is 0 Å². The van der Waals surface area contributed by atoms with Crippen molar-refractivity contribution in [2.45, 2.75) is 25.4 Å². The van der Waals surface area contributed by atoms with Crippen LogP contribution in [0.1, 0.15) is 24.9 Å². The number of carbonyl (C=O) groups is 1. The van der Waals surface area contributed by atoms with Gasteiger partial charge in [0.2, 0.25) is 5.91 Å². The molecule has 1 heterocycles. The van der Waals surface area contributed by atoms with Crippen LogP contribution in [0.25, 0.3) is 0 Å². The first kappa shape index (κ1) is 13.4. The summed E-state index contributed by atoms with van der Waals surface area (Å²) in [5, 5.41) is 0. The molecule has 2 unspecified atom stereocenters. The second-order valence-electron chi connectivity index (χ2n) is 4.38. The van der Waals surface area contributed by atoms with Crippen LogP contribution in [0.3, 0.4) is 0 Å². The molecule has 0 radical (unpaired) electrons. The first-order valence-corrected chi connectivity index (χ1v) is 6.76. The highest BCUT2D eigenvalue weighted by molar-refractivity contribution is 9.10. The molecular weight excluding hydrogens is 296 g/mol. The predicted molar refractivity (Wildman–Crippen MR) is 73.4 cm³/mol. The molecule has 0 spiro atoms. The quantitative estimate of drug-likeness (QED) is 0.929. The molecule has 0 aliphatic carbocycles. The molecule has 2 N–H and O–H groups in total. The maximum absolute atomic E-state index is 11.9. The van der Waals surface area contributed by atoms with Gasteiger partial charge in [0, 0.05) is 29.0 Å². The van der Waals surface area contributed by atoms with Crippen molar-refractivity contribution in [2.24, 2.45) is 5.73 Å². The van der Waals surface area contributed by atoms with Crippen LogP contribution in [0.2, 0.25) is 0 Å². The summed E-state index contributed by atoms with van der Waals surface area (Å²) in [7, 11) is 1.63. The molecule has 1 aliphatic rings. The monoisotopic (exact) mass is 312 g/mol. The number of nitrogens with zero attached hydrogens (tertiary/aromatic N) is 1. The Morgan fingerprint density at radius 1 is 1.56 bits per heavy atom. The number of rotatable bonds is 3. The molecular formula is C13H17BrN2O2. The summed E-state index contributed by atoms with van der Waals surface area (Å²) in [6.45, 7) is 2.63. The second-order valence-corrected chi connectivity index (χ2v) is 5.29. The number of halogens is 1. The maximum Gasteiger partial charge on any atom is 0.224 e. The molecule has 0 saturated carbocycles. The van der Waals surface area contributed by atoms with E-state index in [4.69, 9.17) is 10.5 Å². The van der Waals surface area contributed by atoms with Crippen LogP contribution in [0, 0.1) is 0 Å². The zero-order valence-electron chi connectivity index (χ0n) is 10.5. The lowest BCUT2D eigenvalue weighted by Gasteiger charge is -2.27. The summed E-state index contributed by atoms with van der Waals surface area (Å²) in [5.41, 5.74) is 7.07. The summed E-state index contributed by atoms with van der Waals surface area (Å²) in [5.74, 6) is 0.879. The van der Waals surface area contributed by atoms with E-state index in [1.807, 2.05) is 30.0 Å². The van der Waals surface area contributed by atoms with E-state index in [0.717, 1.165) is 15.8 Å². The normalized spacial score (nSPS) is 23.6. The highest BCUT2D eigenvalue weighted by atomic mass is 79.9. The molecule has 2 atom stereocenters. The van der Waals surface area contributed by atoms with Crippen molar-refractivity contribution < 1.29 is 9.53 Å². The van der Waals surface area contributed by atoms with E-state index in [1.165, 1.54) is 0 Å². The highest BCUT2D eigenvalue weighted by Gasteiger charge is 2.39. The number of likely N-dealkylation sites (N-methyl/N-ethyl adjacent to an activating group) is 1. The van der Waals surface area contributed by atoms with E-state index >= 15 is 0 Å². The highest BCUT2D eigenvalue weighted by Crippen LogP contribution is 2.38. The summed E-state index contributed by atoms with van der Waals surface area (Å²) in [4.78, 5) is 13.7. The Balaban J connectivity index is 2.46. The van der Waals surface area contributed by atoms with Gasteiger partial charge in [0.1, 0.15) is 5.75 Å². The van der Waals surface area contributed by atoms with E-state index in [2.05, 4.69) is 15.9 Å². The number of hydrogen-bond acceptors (Lipinski definition) is 3. The summed E-state index contributed by atoms with van der Waals surface area (Å²) in [6, 6.07) is 5.50. The topological polar surface area (TPSA) is 55.6 Å². The third-order valence-electron chi connectivity index (χ3n) is 3.32. The van der Waals surface area contributed by atoms with Crippen molar-refractivity contribution in [3.63, 3.8) is 0 Å². The number of methoxy groups -OCH3 is 1. The van der Waals surface area contributed by atoms with Gasteiger partial charge in [-0.05, 0) is 25.1 Å². The van der Waals surface area contributed by atoms with Gasteiger partial charge in [-0.15, -0.1) is 0 Å². The smallest absolute Gasteiger partial charge is 0.224 e. The third-order valence-corrected chi connectivity index (χ3v) is 3.82. The van der Waals surface area contributed by atoms with Crippen LogP contribution in [-0.2, 0) is 4.79 Å². The molecule has 0 bridgehead atoms. The molecule has 98 valence electrons. The fraction of sp³-hybridized carbons (Fsp3) is 0.462. The molecule has 1 amide bonds. The minimum atomic E-state index is -0.180. The van der Waals surface area contributed by atoms with Crippen LogP contribution in [0.4, 0.5) is 0 Å². The Morgan fingerprint density at radius 2 is 2.28 bits per heavy atom. The van der Waals surface area contributed by atoms with E-state index in [0.29, 0.717) is 13.0 Å². The number of likely N-dealkylation sites (tertiary alicyclic amines) is 1. The van der Waals surface area contributed by atoms with Crippen molar-refractivity contribution >= 4 is 21.8 Å². The molecule has 1 fully saturated rings. The molecule has 2 rings (SSSR count). The van der Waals surface area contributed by atoms with Gasteiger partial charge < -0.3 is 15.4 Å². The van der Waals surface area contributed by atoms with Gasteiger partial charge in [-0.25, -0.2) is 0 Å². The van der Waals surface area contributed by atoms with Crippen LogP contribution < -0.4 is 10.5 Å². The van der Waals surface area contributed by atoms with Crippen molar-refractivity contribution in [3.8, 4) is 5.75 Å². The number of hydrogen-bond donors (Lipinski definition) is 1. The fourth-order valence-corrected chi connectivity index (χ4v) is 2.90. The molecule has 1 aliphatic heterocycles. The fourth-order valence-electron chi connectivity index (χ4n) is 2.52. The molecule has 4 nitrogen and oxygen atoms in total. The number of ether oxygens (including phenoxy) is 1. The van der Waals surface area contributed by atoms with Gasteiger partial charge >= 0.3 is 0 Å². The molecule has 1 aromatic rings. The number of nitrogens with two attached hydrogens (primary N) is 1. The Labute approximate surface area is 115 Å². The Bertz CT molecular complexity index is 464. The van der Waals surface area contributed by atoms with Gasteiger partial charge in [-0.1, -0.05) is 15.9 Å². The van der Waals surface area contributed by atoms with Gasteiger partial charge in [0.15, 0.2) is 0 Å². The first-order valence-electron chi connectivity index (χ1n) is 5.97. The average molecular weight is 313 g/mol. The Hall–Kier alpha value is -1.07. The SMILES string of the molecule is CCN1C(=O)CC(N)C1c1cc(Br)ccc1OC. The average Bonchev–Trinajstić information content (AvgIpc) is 2.63. The number of carbonyl (C=O) groups excluding carboxylic acids is 1. The summed E-state index contributed by atoms with van der Waals surface area (Å²) >= 11 is 3.45. The Kier molecular flexibility index (Phi) is 3.92. The molecule has 18 heavy (non-hydrogen) atoms. The van der Waals surface area contributed by atoms with Gasteiger partial charge in [-0.2, -0.15) is 0 Å². The van der Waals surface area contributed by atoms with Crippen LogP contribution in [0.15, 0.2) is 22.7 Å². The largest absolute Gasteiger partial charge is 0.496 e. The zero-order valence-corrected chi connectivity index (χ0v) is 12.1. The van der Waals surface area contributed by atoms with E-state index in [-0.39, 0.29) is 18.0 Å². The summed E-state index contributed by atoms with van der Waals surface area (Å²) < 4.78 is 6.33.